The lowest BCUT2D eigenvalue weighted by atomic mass is 9.83. The van der Waals surface area contributed by atoms with Crippen LogP contribution in [0.5, 0.6) is 0 Å². The van der Waals surface area contributed by atoms with Crippen molar-refractivity contribution in [3.05, 3.63) is 35.6 Å². The van der Waals surface area contributed by atoms with Crippen LogP contribution in [0.4, 0.5) is 9.18 Å². The standard InChI is InChI=1S/C38H61FN6O9/c1-26(42-37(50)54-38(2,3)4)33(46)44-32(28-9-6-5-7-10-28)36(49)45-18-8-11-31(45)35(48)43-30(25-27-12-14-29(39)15-13-27)34(47)41-17-20-52-22-24-53-23-21-51-19-16-40/h12-15,26,28,30-32H,5-11,16-25,40H2,1-4H3,(H,41,47)(H,42,50)(H,43,48)(H,44,46)/t26-,30-,31-,32-/m0/s1. The molecule has 1 aliphatic carbocycles. The lowest BCUT2D eigenvalue weighted by Gasteiger charge is -2.35. The van der Waals surface area contributed by atoms with E-state index < -0.39 is 59.4 Å². The summed E-state index contributed by atoms with van der Waals surface area (Å²) in [7, 11) is 0. The Bertz CT molecular complexity index is 1340. The molecule has 1 heterocycles. The van der Waals surface area contributed by atoms with Crippen molar-refractivity contribution in [1.29, 1.82) is 0 Å². The Hall–Kier alpha value is -3.86. The van der Waals surface area contributed by atoms with Crippen molar-refractivity contribution < 1.29 is 47.3 Å². The van der Waals surface area contributed by atoms with Gasteiger partial charge < -0.3 is 50.8 Å². The molecule has 54 heavy (non-hydrogen) atoms. The minimum Gasteiger partial charge on any atom is -0.444 e. The normalized spacial score (nSPS) is 18.0. The highest BCUT2D eigenvalue weighted by atomic mass is 19.1. The van der Waals surface area contributed by atoms with Gasteiger partial charge in [0.1, 0.15) is 35.6 Å². The third-order valence-electron chi connectivity index (χ3n) is 9.19. The minimum atomic E-state index is -1.02. The zero-order valence-corrected chi connectivity index (χ0v) is 32.3. The Morgan fingerprint density at radius 2 is 1.46 bits per heavy atom. The summed E-state index contributed by atoms with van der Waals surface area (Å²) in [4.78, 5) is 68.8. The number of benzene rings is 1. The Labute approximate surface area is 318 Å². The molecule has 0 aromatic heterocycles. The summed E-state index contributed by atoms with van der Waals surface area (Å²) in [5.74, 6) is -2.44. The summed E-state index contributed by atoms with van der Waals surface area (Å²) in [5, 5.41) is 11.1. The first-order valence-electron chi connectivity index (χ1n) is 19.1. The maximum absolute atomic E-state index is 14.3. The number of hydrogen-bond acceptors (Lipinski definition) is 10. The number of alkyl carbamates (subject to hydrolysis) is 1. The third-order valence-corrected chi connectivity index (χ3v) is 9.19. The Morgan fingerprint density at radius 3 is 2.09 bits per heavy atom. The predicted octanol–water partition coefficient (Wildman–Crippen LogP) is 1.95. The molecule has 304 valence electrons. The second kappa shape index (κ2) is 23.1. The Morgan fingerprint density at radius 1 is 0.833 bits per heavy atom. The zero-order valence-electron chi connectivity index (χ0n) is 32.3. The number of hydrogen-bond donors (Lipinski definition) is 5. The van der Waals surface area contributed by atoms with Gasteiger partial charge in [-0.25, -0.2) is 9.18 Å². The molecular formula is C38H61FN6O9. The summed E-state index contributed by atoms with van der Waals surface area (Å²) in [5.41, 5.74) is 5.26. The molecule has 5 amide bonds. The SMILES string of the molecule is C[C@H](NC(=O)OC(C)(C)C)C(=O)N[C@H](C(=O)N1CCC[C@H]1C(=O)N[C@@H](Cc1ccc(F)cc1)C(=O)NCCOCCOCCOCCN)C1CCCCC1. The molecule has 1 aromatic rings. The van der Waals surface area contributed by atoms with E-state index >= 15 is 0 Å². The molecule has 15 nitrogen and oxygen atoms in total. The number of nitrogens with zero attached hydrogens (tertiary/aromatic N) is 1. The number of nitrogens with two attached hydrogens (primary N) is 1. The van der Waals surface area contributed by atoms with Gasteiger partial charge in [-0.3, -0.25) is 19.2 Å². The van der Waals surface area contributed by atoms with Gasteiger partial charge in [0.15, 0.2) is 0 Å². The molecule has 4 atom stereocenters. The fourth-order valence-corrected chi connectivity index (χ4v) is 6.49. The highest BCUT2D eigenvalue weighted by Gasteiger charge is 2.42. The molecule has 1 saturated heterocycles. The number of halogens is 1. The van der Waals surface area contributed by atoms with Crippen molar-refractivity contribution in [3.8, 4) is 0 Å². The molecule has 1 aliphatic heterocycles. The molecule has 6 N–H and O–H groups in total. The first kappa shape index (κ1) is 44.5. The van der Waals surface area contributed by atoms with Crippen LogP contribution in [0.25, 0.3) is 0 Å². The first-order chi connectivity index (χ1) is 25.8. The average molecular weight is 765 g/mol. The molecule has 16 heteroatoms. The summed E-state index contributed by atoms with van der Waals surface area (Å²) in [6.45, 7) is 9.79. The van der Waals surface area contributed by atoms with E-state index in [-0.39, 0.29) is 31.4 Å². The second-order valence-corrected chi connectivity index (χ2v) is 14.8. The van der Waals surface area contributed by atoms with E-state index in [9.17, 15) is 28.4 Å². The zero-order chi connectivity index (χ0) is 39.5. The number of carbonyl (C=O) groups is 5. The first-order valence-corrected chi connectivity index (χ1v) is 19.1. The molecule has 0 spiro atoms. The van der Waals surface area contributed by atoms with Crippen LogP contribution in [0, 0.1) is 11.7 Å². The molecule has 2 aliphatic rings. The van der Waals surface area contributed by atoms with Gasteiger partial charge in [0.05, 0.1) is 39.6 Å². The van der Waals surface area contributed by atoms with Crippen molar-refractivity contribution in [2.24, 2.45) is 11.7 Å². The van der Waals surface area contributed by atoms with Crippen LogP contribution in [0.15, 0.2) is 24.3 Å². The Balaban J connectivity index is 1.64. The lowest BCUT2D eigenvalue weighted by molar-refractivity contribution is -0.143. The smallest absolute Gasteiger partial charge is 0.408 e. The minimum absolute atomic E-state index is 0.0860. The molecule has 2 fully saturated rings. The van der Waals surface area contributed by atoms with Gasteiger partial charge in [-0.1, -0.05) is 31.4 Å². The number of amides is 5. The van der Waals surface area contributed by atoms with E-state index in [1.54, 1.807) is 32.9 Å². The van der Waals surface area contributed by atoms with Gasteiger partial charge in [-0.2, -0.15) is 0 Å². The highest BCUT2D eigenvalue weighted by Crippen LogP contribution is 2.29. The maximum atomic E-state index is 14.3. The van der Waals surface area contributed by atoms with Gasteiger partial charge in [0.25, 0.3) is 0 Å². The fraction of sp³-hybridized carbons (Fsp3) is 0.711. The van der Waals surface area contributed by atoms with Crippen LogP contribution in [-0.2, 0) is 44.5 Å². The van der Waals surface area contributed by atoms with Crippen molar-refractivity contribution in [2.75, 3.05) is 59.3 Å². The van der Waals surface area contributed by atoms with E-state index in [2.05, 4.69) is 21.3 Å². The molecular weight excluding hydrogens is 703 g/mol. The highest BCUT2D eigenvalue weighted by molar-refractivity contribution is 5.95. The van der Waals surface area contributed by atoms with Crippen LogP contribution in [0.1, 0.15) is 78.2 Å². The van der Waals surface area contributed by atoms with Crippen LogP contribution in [0.2, 0.25) is 0 Å². The third kappa shape index (κ3) is 15.9. The van der Waals surface area contributed by atoms with Crippen LogP contribution >= 0.6 is 0 Å². The number of rotatable bonds is 21. The van der Waals surface area contributed by atoms with Crippen molar-refractivity contribution >= 4 is 29.7 Å². The summed E-state index contributed by atoms with van der Waals surface area (Å²) >= 11 is 0. The molecule has 1 aromatic carbocycles. The van der Waals surface area contributed by atoms with Gasteiger partial charge in [0.2, 0.25) is 23.6 Å². The van der Waals surface area contributed by atoms with Crippen molar-refractivity contribution in [2.45, 2.75) is 109 Å². The van der Waals surface area contributed by atoms with E-state index in [1.165, 1.54) is 24.0 Å². The van der Waals surface area contributed by atoms with Crippen LogP contribution in [0.3, 0.4) is 0 Å². The summed E-state index contributed by atoms with van der Waals surface area (Å²) in [6.07, 6.45) is 4.57. The summed E-state index contributed by atoms with van der Waals surface area (Å²) in [6, 6.07) is 1.90. The van der Waals surface area contributed by atoms with E-state index in [0.717, 1.165) is 32.1 Å². The molecule has 3 rings (SSSR count). The van der Waals surface area contributed by atoms with Crippen molar-refractivity contribution in [1.82, 2.24) is 26.2 Å². The quantitative estimate of drug-likeness (QED) is 0.115. The van der Waals surface area contributed by atoms with Crippen LogP contribution < -0.4 is 27.0 Å². The van der Waals surface area contributed by atoms with Gasteiger partial charge in [-0.15, -0.1) is 0 Å². The number of ether oxygens (including phenoxy) is 4. The molecule has 0 radical (unpaired) electrons. The Kier molecular flexibility index (Phi) is 19.1. The average Bonchev–Trinajstić information content (AvgIpc) is 3.63. The van der Waals surface area contributed by atoms with Crippen LogP contribution in [-0.4, -0.2) is 124 Å². The van der Waals surface area contributed by atoms with Gasteiger partial charge in [-0.05, 0) is 77.0 Å². The molecule has 1 saturated carbocycles. The molecule has 0 unspecified atom stereocenters. The number of carbonyl (C=O) groups excluding carboxylic acids is 5. The van der Waals surface area contributed by atoms with E-state index in [4.69, 9.17) is 24.7 Å². The monoisotopic (exact) mass is 764 g/mol. The summed E-state index contributed by atoms with van der Waals surface area (Å²) < 4.78 is 35.2. The van der Waals surface area contributed by atoms with Gasteiger partial charge >= 0.3 is 6.09 Å². The van der Waals surface area contributed by atoms with E-state index in [1.807, 2.05) is 0 Å². The second-order valence-electron chi connectivity index (χ2n) is 14.8. The number of likely N-dealkylation sites (tertiary alicyclic amines) is 1. The lowest BCUT2D eigenvalue weighted by Crippen LogP contribution is -2.59. The van der Waals surface area contributed by atoms with Crippen molar-refractivity contribution in [3.63, 3.8) is 0 Å². The molecule has 0 bridgehead atoms. The van der Waals surface area contributed by atoms with Gasteiger partial charge in [0, 0.05) is 26.1 Å². The predicted molar refractivity (Wildman–Crippen MR) is 199 cm³/mol. The van der Waals surface area contributed by atoms with E-state index in [0.29, 0.717) is 64.5 Å². The maximum Gasteiger partial charge on any atom is 0.408 e. The fourth-order valence-electron chi connectivity index (χ4n) is 6.49. The largest absolute Gasteiger partial charge is 0.444 e. The topological polar surface area (TPSA) is 200 Å². The number of nitrogens with one attached hydrogen (secondary N) is 4.